The molecule has 22 heavy (non-hydrogen) atoms. The Morgan fingerprint density at radius 3 is 1.86 bits per heavy atom. The van der Waals surface area contributed by atoms with Gasteiger partial charge in [0.25, 0.3) is 0 Å². The lowest BCUT2D eigenvalue weighted by atomic mass is 9.95. The lowest BCUT2D eigenvalue weighted by Gasteiger charge is -2.11. The fraction of sp³-hybridized carbons (Fsp3) is 0.267. The van der Waals surface area contributed by atoms with E-state index in [0.717, 1.165) is 17.7 Å². The van der Waals surface area contributed by atoms with Gasteiger partial charge in [0.05, 0.1) is 29.6 Å². The molecule has 1 rings (SSSR count). The number of carbonyl (C=O) groups is 3. The third-order valence-electron chi connectivity index (χ3n) is 2.75. The summed E-state index contributed by atoms with van der Waals surface area (Å²) in [6.45, 7) is 3.71. The fourth-order valence-corrected chi connectivity index (χ4v) is 1.83. The molecule has 0 aromatic heterocycles. The predicted octanol–water partition coefficient (Wildman–Crippen LogP) is 2.26. The highest BCUT2D eigenvalue weighted by molar-refractivity contribution is 6.01. The first-order valence-electron chi connectivity index (χ1n) is 6.35. The molecule has 0 heterocycles. The van der Waals surface area contributed by atoms with Crippen molar-refractivity contribution in [2.24, 2.45) is 0 Å². The highest BCUT2D eigenvalue weighted by atomic mass is 16.5. The summed E-state index contributed by atoms with van der Waals surface area (Å²) in [7, 11) is 0. The van der Waals surface area contributed by atoms with Crippen LogP contribution in [0.4, 0.5) is 0 Å². The summed E-state index contributed by atoms with van der Waals surface area (Å²) >= 11 is 0. The molecule has 0 unspecified atom stereocenters. The third-order valence-corrected chi connectivity index (χ3v) is 2.75. The monoisotopic (exact) mass is 308 g/mol. The van der Waals surface area contributed by atoms with Crippen LogP contribution in [0.5, 0.6) is 0 Å². The summed E-state index contributed by atoms with van der Waals surface area (Å²) in [6, 6.07) is 1.90. The highest BCUT2D eigenvalue weighted by Crippen LogP contribution is 2.20. The van der Waals surface area contributed by atoms with Gasteiger partial charge in [0.2, 0.25) is 0 Å². The van der Waals surface area contributed by atoms with Crippen LogP contribution in [-0.4, -0.2) is 39.8 Å². The first kappa shape index (κ1) is 17.2. The van der Waals surface area contributed by atoms with Crippen molar-refractivity contribution in [3.05, 3.63) is 46.2 Å². The zero-order chi connectivity index (χ0) is 16.9. The van der Waals surface area contributed by atoms with Gasteiger partial charge < -0.3 is 20.1 Å². The summed E-state index contributed by atoms with van der Waals surface area (Å²) < 4.78 is 5.18. The topological polar surface area (TPSA) is 121 Å². The lowest BCUT2D eigenvalue weighted by molar-refractivity contribution is 0.0694. The largest absolute Gasteiger partial charge is 0.501 e. The normalized spacial score (nSPS) is 9.91. The number of carboxylic acids is 3. The molecule has 3 N–H and O–H groups in total. The van der Waals surface area contributed by atoms with Crippen molar-refractivity contribution in [2.45, 2.75) is 20.3 Å². The molecule has 0 amide bonds. The van der Waals surface area contributed by atoms with Gasteiger partial charge in [-0.25, -0.2) is 14.4 Å². The van der Waals surface area contributed by atoms with Crippen LogP contribution >= 0.6 is 0 Å². The Morgan fingerprint density at radius 1 is 1.00 bits per heavy atom. The molecule has 0 bridgehead atoms. The van der Waals surface area contributed by atoms with E-state index in [9.17, 15) is 24.6 Å². The molecule has 0 atom stereocenters. The van der Waals surface area contributed by atoms with Gasteiger partial charge in [-0.1, -0.05) is 0 Å². The summed E-state index contributed by atoms with van der Waals surface area (Å²) in [5.74, 6) is -4.16. The van der Waals surface area contributed by atoms with Crippen LogP contribution < -0.4 is 0 Å². The van der Waals surface area contributed by atoms with Crippen LogP contribution in [-0.2, 0) is 11.2 Å². The molecule has 7 nitrogen and oxygen atoms in total. The Labute approximate surface area is 126 Å². The summed E-state index contributed by atoms with van der Waals surface area (Å²) in [5.41, 5.74) is -0.148. The van der Waals surface area contributed by atoms with Crippen LogP contribution in [0.25, 0.3) is 0 Å². The van der Waals surface area contributed by atoms with E-state index in [2.05, 4.69) is 0 Å². The van der Waals surface area contributed by atoms with E-state index in [0.29, 0.717) is 0 Å². The molecule has 7 heteroatoms. The Balaban J connectivity index is 3.27. The zero-order valence-corrected chi connectivity index (χ0v) is 12.1. The second-order valence-corrected chi connectivity index (χ2v) is 4.78. The number of carboxylic acid groups (broad SMARTS) is 3. The van der Waals surface area contributed by atoms with Gasteiger partial charge in [0, 0.05) is 6.42 Å². The van der Waals surface area contributed by atoms with Crippen LogP contribution in [0.3, 0.4) is 0 Å². The molecule has 0 radical (unpaired) electrons. The number of ether oxygens (including phenoxy) is 1. The number of rotatable bonds is 7. The average molecular weight is 308 g/mol. The van der Waals surface area contributed by atoms with Gasteiger partial charge in [-0.05, 0) is 37.1 Å². The first-order chi connectivity index (χ1) is 10.2. The number of hydrogen-bond acceptors (Lipinski definition) is 4. The van der Waals surface area contributed by atoms with Crippen molar-refractivity contribution >= 4 is 17.9 Å². The Hall–Kier alpha value is -2.83. The van der Waals surface area contributed by atoms with Crippen molar-refractivity contribution in [3.8, 4) is 0 Å². The molecule has 1 aromatic carbocycles. The zero-order valence-electron chi connectivity index (χ0n) is 12.1. The molecule has 0 aliphatic carbocycles. The lowest BCUT2D eigenvalue weighted by Crippen LogP contribution is -2.14. The molecular formula is C15H16O7. The van der Waals surface area contributed by atoms with Gasteiger partial charge >= 0.3 is 17.9 Å². The van der Waals surface area contributed by atoms with Gasteiger partial charge in [0.1, 0.15) is 0 Å². The van der Waals surface area contributed by atoms with Gasteiger partial charge in [0.15, 0.2) is 0 Å². The molecule has 1 aromatic rings. The van der Waals surface area contributed by atoms with E-state index < -0.39 is 17.9 Å². The quantitative estimate of drug-likeness (QED) is 0.521. The molecule has 0 aliphatic heterocycles. The number of hydrogen-bond donors (Lipinski definition) is 3. The van der Waals surface area contributed by atoms with E-state index in [1.165, 1.54) is 6.26 Å². The van der Waals surface area contributed by atoms with Crippen molar-refractivity contribution in [1.82, 2.24) is 0 Å². The van der Waals surface area contributed by atoms with Crippen molar-refractivity contribution < 1.29 is 34.4 Å². The van der Waals surface area contributed by atoms with E-state index >= 15 is 0 Å². The summed E-state index contributed by atoms with van der Waals surface area (Å²) in [4.78, 5) is 33.5. The summed E-state index contributed by atoms with van der Waals surface area (Å²) in [5, 5.41) is 27.3. The second kappa shape index (κ2) is 7.26. The molecule has 0 aliphatic rings. The molecule has 0 saturated heterocycles. The molecule has 0 fully saturated rings. The minimum absolute atomic E-state index is 0.0344. The predicted molar refractivity (Wildman–Crippen MR) is 76.4 cm³/mol. The molecular weight excluding hydrogens is 292 g/mol. The van der Waals surface area contributed by atoms with E-state index in [1.54, 1.807) is 0 Å². The van der Waals surface area contributed by atoms with E-state index in [4.69, 9.17) is 9.84 Å². The molecule has 118 valence electrons. The third kappa shape index (κ3) is 4.34. The van der Waals surface area contributed by atoms with Gasteiger partial charge in [-0.3, -0.25) is 0 Å². The van der Waals surface area contributed by atoms with Gasteiger partial charge in [-0.15, -0.1) is 0 Å². The van der Waals surface area contributed by atoms with Crippen LogP contribution in [0.15, 0.2) is 24.0 Å². The SMILES string of the molecule is CC(C)=COCCc1c(C(=O)O)cc(C(=O)O)cc1C(=O)O. The summed E-state index contributed by atoms with van der Waals surface area (Å²) in [6.07, 6.45) is 1.51. The van der Waals surface area contributed by atoms with Gasteiger partial charge in [-0.2, -0.15) is 0 Å². The number of benzene rings is 1. The average Bonchev–Trinajstić information content (AvgIpc) is 2.42. The molecule has 0 spiro atoms. The molecule has 0 saturated carbocycles. The Kier molecular flexibility index (Phi) is 5.68. The first-order valence-corrected chi connectivity index (χ1v) is 6.35. The maximum Gasteiger partial charge on any atom is 0.336 e. The van der Waals surface area contributed by atoms with E-state index in [1.807, 2.05) is 13.8 Å². The second-order valence-electron chi connectivity index (χ2n) is 4.78. The van der Waals surface area contributed by atoms with Crippen LogP contribution in [0.2, 0.25) is 0 Å². The standard InChI is InChI=1S/C15H16O7/c1-8(2)7-22-4-3-10-11(14(18)19)5-9(13(16)17)6-12(10)15(20)21/h5-7H,3-4H2,1-2H3,(H,16,17)(H,18,19)(H,20,21). The maximum atomic E-state index is 11.3. The Morgan fingerprint density at radius 2 is 1.50 bits per heavy atom. The number of aromatic carboxylic acids is 3. The van der Waals surface area contributed by atoms with E-state index in [-0.39, 0.29) is 35.3 Å². The van der Waals surface area contributed by atoms with Crippen molar-refractivity contribution in [1.29, 1.82) is 0 Å². The van der Waals surface area contributed by atoms with Crippen molar-refractivity contribution in [3.63, 3.8) is 0 Å². The minimum Gasteiger partial charge on any atom is -0.501 e. The Bertz CT molecular complexity index is 604. The maximum absolute atomic E-state index is 11.3. The highest BCUT2D eigenvalue weighted by Gasteiger charge is 2.22. The minimum atomic E-state index is -1.39. The van der Waals surface area contributed by atoms with Crippen LogP contribution in [0, 0.1) is 0 Å². The number of allylic oxidation sites excluding steroid dienone is 1. The van der Waals surface area contributed by atoms with Crippen molar-refractivity contribution in [2.75, 3.05) is 6.61 Å². The fourth-order valence-electron chi connectivity index (χ4n) is 1.83. The van der Waals surface area contributed by atoms with Crippen LogP contribution in [0.1, 0.15) is 50.5 Å². The smallest absolute Gasteiger partial charge is 0.336 e.